The molecule has 0 aliphatic rings. The minimum absolute atomic E-state index is 0.0114. The van der Waals surface area contributed by atoms with Crippen molar-refractivity contribution in [3.63, 3.8) is 0 Å². The Kier molecular flexibility index (Phi) is 6.77. The number of nitriles is 1. The number of anilines is 2. The minimum atomic E-state index is -0.473. The zero-order valence-electron chi connectivity index (χ0n) is 14.8. The average Bonchev–Trinajstić information content (AvgIpc) is 2.67. The normalized spacial score (nSPS) is 10.8. The summed E-state index contributed by atoms with van der Waals surface area (Å²) in [5, 5.41) is 21.0. The zero-order valence-corrected chi connectivity index (χ0v) is 14.8. The third kappa shape index (κ3) is 5.10. The largest absolute Gasteiger partial charge is 0.497 e. The highest BCUT2D eigenvalue weighted by Crippen LogP contribution is 2.18. The molecule has 1 amide bonds. The van der Waals surface area contributed by atoms with Gasteiger partial charge in [-0.15, -0.1) is 0 Å². The van der Waals surface area contributed by atoms with Crippen LogP contribution in [-0.2, 0) is 4.79 Å². The van der Waals surface area contributed by atoms with Gasteiger partial charge >= 0.3 is 0 Å². The van der Waals surface area contributed by atoms with Crippen LogP contribution in [0.4, 0.5) is 11.4 Å². The van der Waals surface area contributed by atoms with E-state index in [0.717, 1.165) is 11.3 Å². The number of hydrogen-bond donors (Lipinski definition) is 2. The van der Waals surface area contributed by atoms with Crippen LogP contribution in [0, 0.1) is 11.3 Å². The molecule has 0 unspecified atom stereocenters. The lowest BCUT2D eigenvalue weighted by molar-refractivity contribution is -0.112. The molecule has 0 saturated carbocycles. The third-order valence-corrected chi connectivity index (χ3v) is 3.79. The molecule has 0 saturated heterocycles. The van der Waals surface area contributed by atoms with Crippen LogP contribution in [0.5, 0.6) is 5.75 Å². The Labute approximate surface area is 152 Å². The second-order valence-electron chi connectivity index (χ2n) is 5.59. The Morgan fingerprint density at radius 3 is 2.42 bits per heavy atom. The molecule has 2 rings (SSSR count). The number of benzene rings is 2. The maximum absolute atomic E-state index is 12.3. The van der Waals surface area contributed by atoms with Crippen molar-refractivity contribution in [2.75, 3.05) is 37.5 Å². The van der Waals surface area contributed by atoms with Crippen molar-refractivity contribution in [2.45, 2.75) is 0 Å². The summed E-state index contributed by atoms with van der Waals surface area (Å²) < 4.78 is 5.07. The van der Waals surface area contributed by atoms with E-state index in [0.29, 0.717) is 18.0 Å². The minimum Gasteiger partial charge on any atom is -0.497 e. The first-order valence-corrected chi connectivity index (χ1v) is 8.06. The summed E-state index contributed by atoms with van der Waals surface area (Å²) in [4.78, 5) is 14.2. The molecule has 134 valence electrons. The van der Waals surface area contributed by atoms with Gasteiger partial charge in [0.1, 0.15) is 17.4 Å². The van der Waals surface area contributed by atoms with Crippen LogP contribution in [0.1, 0.15) is 5.56 Å². The number of methoxy groups -OCH3 is 1. The van der Waals surface area contributed by atoms with Crippen LogP contribution in [-0.4, -0.2) is 38.3 Å². The molecule has 2 aromatic carbocycles. The van der Waals surface area contributed by atoms with Gasteiger partial charge in [0.05, 0.1) is 13.7 Å². The van der Waals surface area contributed by atoms with Gasteiger partial charge in [-0.2, -0.15) is 5.26 Å². The molecule has 0 atom stereocenters. The van der Waals surface area contributed by atoms with Crippen molar-refractivity contribution >= 4 is 23.4 Å². The Hall–Kier alpha value is -3.30. The molecule has 0 aliphatic heterocycles. The smallest absolute Gasteiger partial charge is 0.266 e. The molecule has 26 heavy (non-hydrogen) atoms. The fourth-order valence-corrected chi connectivity index (χ4v) is 2.29. The van der Waals surface area contributed by atoms with Crippen LogP contribution in [0.25, 0.3) is 6.08 Å². The fourth-order valence-electron chi connectivity index (χ4n) is 2.29. The summed E-state index contributed by atoms with van der Waals surface area (Å²) in [7, 11) is 3.45. The highest BCUT2D eigenvalue weighted by atomic mass is 16.5. The lowest BCUT2D eigenvalue weighted by Crippen LogP contribution is -2.20. The van der Waals surface area contributed by atoms with E-state index >= 15 is 0 Å². The van der Waals surface area contributed by atoms with Crippen LogP contribution in [0.3, 0.4) is 0 Å². The molecule has 0 fully saturated rings. The topological polar surface area (TPSA) is 85.6 Å². The maximum atomic E-state index is 12.3. The Bertz CT molecular complexity index is 806. The molecule has 0 heterocycles. The van der Waals surface area contributed by atoms with Crippen LogP contribution < -0.4 is 15.0 Å². The number of nitrogens with zero attached hydrogens (tertiary/aromatic N) is 2. The monoisotopic (exact) mass is 351 g/mol. The molecule has 2 aromatic rings. The van der Waals surface area contributed by atoms with Crippen molar-refractivity contribution < 1.29 is 14.6 Å². The lowest BCUT2D eigenvalue weighted by atomic mass is 10.1. The van der Waals surface area contributed by atoms with Crippen molar-refractivity contribution in [1.29, 1.82) is 5.26 Å². The lowest BCUT2D eigenvalue weighted by Gasteiger charge is -2.17. The molecular weight excluding hydrogens is 330 g/mol. The summed E-state index contributed by atoms with van der Waals surface area (Å²) in [6.45, 7) is 0.602. The van der Waals surface area contributed by atoms with Crippen molar-refractivity contribution in [1.82, 2.24) is 0 Å². The van der Waals surface area contributed by atoms with E-state index in [4.69, 9.17) is 9.84 Å². The van der Waals surface area contributed by atoms with Gasteiger partial charge < -0.3 is 20.1 Å². The van der Waals surface area contributed by atoms with Gasteiger partial charge in [-0.1, -0.05) is 12.1 Å². The number of nitrogens with one attached hydrogen (secondary N) is 1. The van der Waals surface area contributed by atoms with Gasteiger partial charge in [0.2, 0.25) is 0 Å². The first-order valence-electron chi connectivity index (χ1n) is 8.06. The Morgan fingerprint density at radius 2 is 1.88 bits per heavy atom. The number of rotatable bonds is 7. The molecular formula is C20H21N3O3. The summed E-state index contributed by atoms with van der Waals surface area (Å²) in [6.07, 6.45) is 1.54. The van der Waals surface area contributed by atoms with Gasteiger partial charge in [-0.3, -0.25) is 4.79 Å². The number of carbonyl (C=O) groups excluding carboxylic acids is 1. The third-order valence-electron chi connectivity index (χ3n) is 3.79. The summed E-state index contributed by atoms with van der Waals surface area (Å²) >= 11 is 0. The van der Waals surface area contributed by atoms with E-state index in [-0.39, 0.29) is 12.2 Å². The van der Waals surface area contributed by atoms with Gasteiger partial charge in [0.25, 0.3) is 5.91 Å². The quantitative estimate of drug-likeness (QED) is 0.592. The average molecular weight is 351 g/mol. The predicted molar refractivity (Wildman–Crippen MR) is 102 cm³/mol. The number of amides is 1. The van der Waals surface area contributed by atoms with Gasteiger partial charge in [0, 0.05) is 25.0 Å². The molecule has 2 N–H and O–H groups in total. The number of carbonyl (C=O) groups is 1. The van der Waals surface area contributed by atoms with Crippen molar-refractivity contribution in [2.24, 2.45) is 0 Å². The number of aliphatic hydroxyl groups excluding tert-OH is 1. The van der Waals surface area contributed by atoms with E-state index in [1.807, 2.05) is 42.3 Å². The van der Waals surface area contributed by atoms with Crippen LogP contribution in [0.15, 0.2) is 54.1 Å². The zero-order chi connectivity index (χ0) is 18.9. The van der Waals surface area contributed by atoms with E-state index in [1.54, 1.807) is 31.4 Å². The molecule has 0 aromatic heterocycles. The van der Waals surface area contributed by atoms with Gasteiger partial charge in [0.15, 0.2) is 0 Å². The molecule has 6 heteroatoms. The molecule has 6 nitrogen and oxygen atoms in total. The Morgan fingerprint density at radius 1 is 1.23 bits per heavy atom. The summed E-state index contributed by atoms with van der Waals surface area (Å²) in [5.74, 6) is 0.212. The second-order valence-corrected chi connectivity index (χ2v) is 5.59. The molecule has 0 aliphatic carbocycles. The van der Waals surface area contributed by atoms with Crippen molar-refractivity contribution in [3.05, 3.63) is 59.7 Å². The predicted octanol–water partition coefficient (Wildman–Crippen LogP) is 2.67. The number of ether oxygens (including phenoxy) is 1. The first kappa shape index (κ1) is 19.0. The summed E-state index contributed by atoms with van der Waals surface area (Å²) in [6, 6.07) is 16.2. The highest BCUT2D eigenvalue weighted by molar-refractivity contribution is 6.09. The van der Waals surface area contributed by atoms with E-state index in [1.165, 1.54) is 6.08 Å². The van der Waals surface area contributed by atoms with E-state index < -0.39 is 5.91 Å². The highest BCUT2D eigenvalue weighted by Gasteiger charge is 2.10. The number of likely N-dealkylation sites (N-methyl/N-ethyl adjacent to an activating group) is 1. The maximum Gasteiger partial charge on any atom is 0.266 e. The second kappa shape index (κ2) is 9.25. The number of hydrogen-bond acceptors (Lipinski definition) is 5. The first-order chi connectivity index (χ1) is 12.6. The number of aliphatic hydroxyl groups is 1. The standard InChI is InChI=1S/C20H21N3O3/c1-23(11-12-24)18-7-3-15(4-8-18)13-16(14-21)20(25)22-17-5-9-19(26-2)10-6-17/h3-10,13,24H,11-12H2,1-2H3,(H,22,25)/b16-13+. The molecule has 0 radical (unpaired) electrons. The molecule has 0 bridgehead atoms. The van der Waals surface area contributed by atoms with Gasteiger partial charge in [-0.05, 0) is 48.0 Å². The van der Waals surface area contributed by atoms with E-state index in [2.05, 4.69) is 5.32 Å². The van der Waals surface area contributed by atoms with Gasteiger partial charge in [-0.25, -0.2) is 0 Å². The van der Waals surface area contributed by atoms with Crippen LogP contribution >= 0.6 is 0 Å². The molecule has 0 spiro atoms. The fraction of sp³-hybridized carbons (Fsp3) is 0.200. The van der Waals surface area contributed by atoms with Crippen LogP contribution in [0.2, 0.25) is 0 Å². The SMILES string of the molecule is COc1ccc(NC(=O)/C(C#N)=C/c2ccc(N(C)CCO)cc2)cc1. The van der Waals surface area contributed by atoms with Crippen molar-refractivity contribution in [3.8, 4) is 11.8 Å². The Balaban J connectivity index is 2.10. The summed E-state index contributed by atoms with van der Waals surface area (Å²) in [5.41, 5.74) is 2.28. The van der Waals surface area contributed by atoms with E-state index in [9.17, 15) is 10.1 Å².